The van der Waals surface area contributed by atoms with Crippen LogP contribution in [0.2, 0.25) is 0 Å². The molecule has 208 valence electrons. The highest BCUT2D eigenvalue weighted by Crippen LogP contribution is 2.23. The van der Waals surface area contributed by atoms with Gasteiger partial charge in [-0.25, -0.2) is 17.9 Å². The maximum Gasteiger partial charge on any atom is 0.407 e. The van der Waals surface area contributed by atoms with Gasteiger partial charge in [-0.1, -0.05) is 30.3 Å². The molecule has 2 heterocycles. The first-order valence-corrected chi connectivity index (χ1v) is 14.4. The summed E-state index contributed by atoms with van der Waals surface area (Å²) >= 11 is 0. The number of aliphatic hydroxyl groups is 1. The van der Waals surface area contributed by atoms with Crippen LogP contribution in [0, 0.1) is 0 Å². The number of benzene rings is 2. The lowest BCUT2D eigenvalue weighted by atomic mass is 9.96. The third-order valence-electron chi connectivity index (χ3n) is 7.33. The Morgan fingerprint density at radius 2 is 1.82 bits per heavy atom. The summed E-state index contributed by atoms with van der Waals surface area (Å²) in [4.78, 5) is 16.0. The van der Waals surface area contributed by atoms with E-state index in [1.54, 1.807) is 12.1 Å². The largest absolute Gasteiger partial charge is 0.497 e. The molecule has 2 aliphatic heterocycles. The first kappa shape index (κ1) is 28.3. The number of carbonyl (C=O) groups is 1. The Morgan fingerprint density at radius 3 is 2.39 bits per heavy atom. The molecule has 4 rings (SSSR count). The summed E-state index contributed by atoms with van der Waals surface area (Å²) in [5.41, 5.74) is 0.952. The van der Waals surface area contributed by atoms with Gasteiger partial charge in [-0.05, 0) is 68.6 Å². The van der Waals surface area contributed by atoms with Crippen molar-refractivity contribution in [2.75, 3.05) is 40.0 Å². The van der Waals surface area contributed by atoms with Gasteiger partial charge in [0, 0.05) is 19.2 Å². The zero-order valence-corrected chi connectivity index (χ0v) is 22.4. The fourth-order valence-corrected chi connectivity index (χ4v) is 6.55. The van der Waals surface area contributed by atoms with Crippen LogP contribution < -0.4 is 9.46 Å². The molecule has 0 bridgehead atoms. The molecule has 0 spiro atoms. The van der Waals surface area contributed by atoms with Gasteiger partial charge in [-0.15, -0.1) is 0 Å². The Labute approximate surface area is 224 Å². The second kappa shape index (κ2) is 12.9. The highest BCUT2D eigenvalue weighted by atomic mass is 32.2. The van der Waals surface area contributed by atoms with Crippen LogP contribution in [0.4, 0.5) is 4.79 Å². The summed E-state index contributed by atoms with van der Waals surface area (Å²) in [5, 5.41) is 21.4. The van der Waals surface area contributed by atoms with Crippen molar-refractivity contribution in [2.45, 2.75) is 54.8 Å². The van der Waals surface area contributed by atoms with E-state index in [2.05, 4.69) is 9.62 Å². The fourth-order valence-electron chi connectivity index (χ4n) is 5.25. The Balaban J connectivity index is 1.38. The molecule has 38 heavy (non-hydrogen) atoms. The molecule has 0 radical (unpaired) electrons. The topological polar surface area (TPSA) is 129 Å². The normalized spacial score (nSPS) is 20.6. The van der Waals surface area contributed by atoms with Gasteiger partial charge in [0.05, 0.1) is 36.8 Å². The van der Waals surface area contributed by atoms with E-state index in [0.717, 1.165) is 5.56 Å². The van der Waals surface area contributed by atoms with Gasteiger partial charge in [0.15, 0.2) is 0 Å². The molecule has 2 aromatic rings. The number of hydrogen-bond donors (Lipinski definition) is 3. The number of likely N-dealkylation sites (tertiary alicyclic amines) is 1. The monoisotopic (exact) mass is 547 g/mol. The molecule has 0 aromatic heterocycles. The molecule has 1 amide bonds. The molecule has 10 nitrogen and oxygen atoms in total. The van der Waals surface area contributed by atoms with E-state index in [9.17, 15) is 23.4 Å². The van der Waals surface area contributed by atoms with E-state index in [1.165, 1.54) is 24.1 Å². The number of sulfonamides is 1. The molecule has 3 N–H and O–H groups in total. The Hall–Kier alpha value is -2.70. The average Bonchev–Trinajstić information content (AvgIpc) is 3.44. The van der Waals surface area contributed by atoms with Crippen LogP contribution in [-0.4, -0.2) is 98.7 Å². The number of β-amino-alcohol motifs (C(OH)–C–C–N with tert-alkyl or cyclic N) is 1. The van der Waals surface area contributed by atoms with Crippen LogP contribution >= 0.6 is 0 Å². The van der Waals surface area contributed by atoms with Gasteiger partial charge in [0.25, 0.3) is 0 Å². The maximum atomic E-state index is 12.8. The third-order valence-corrected chi connectivity index (χ3v) is 8.87. The van der Waals surface area contributed by atoms with Crippen LogP contribution in [0.1, 0.15) is 24.8 Å². The highest BCUT2D eigenvalue weighted by molar-refractivity contribution is 7.89. The third kappa shape index (κ3) is 7.23. The average molecular weight is 548 g/mol. The number of piperidine rings is 1. The zero-order chi connectivity index (χ0) is 27.1. The number of nitrogens with one attached hydrogen (secondary N) is 1. The van der Waals surface area contributed by atoms with Gasteiger partial charge in [-0.3, -0.25) is 4.90 Å². The summed E-state index contributed by atoms with van der Waals surface area (Å²) in [5.74, 6) is 0.586. The van der Waals surface area contributed by atoms with Gasteiger partial charge in [-0.2, -0.15) is 0 Å². The standard InChI is InChI=1S/C27H37N3O7S/c1-36-23-7-9-24(10-8-23)38(34,35)28-21-11-14-29(15-12-21)18-26(31)25(17-20-5-3-2-4-6-20)30(27(32)33)22-13-16-37-19-22/h2-10,21-22,25-26,28,31H,11-19H2,1H3,(H,32,33)/t22?,25-,26+/m0/s1. The molecule has 0 aliphatic carbocycles. The minimum Gasteiger partial charge on any atom is -0.497 e. The molecular formula is C27H37N3O7S. The van der Waals surface area contributed by atoms with Crippen molar-refractivity contribution in [2.24, 2.45) is 0 Å². The minimum absolute atomic E-state index is 0.185. The molecule has 11 heteroatoms. The first-order chi connectivity index (χ1) is 18.3. The molecule has 3 atom stereocenters. The quantitative estimate of drug-likeness (QED) is 0.391. The minimum atomic E-state index is -3.66. The van der Waals surface area contributed by atoms with Crippen molar-refractivity contribution < 1.29 is 32.9 Å². The van der Waals surface area contributed by atoms with Crippen molar-refractivity contribution in [3.05, 3.63) is 60.2 Å². The predicted molar refractivity (Wildman–Crippen MR) is 142 cm³/mol. The van der Waals surface area contributed by atoms with E-state index in [-0.39, 0.29) is 17.0 Å². The second-order valence-electron chi connectivity index (χ2n) is 9.90. The number of nitrogens with zero attached hydrogens (tertiary/aromatic N) is 2. The van der Waals surface area contributed by atoms with Gasteiger partial charge in [0.1, 0.15) is 5.75 Å². The number of amides is 1. The van der Waals surface area contributed by atoms with Crippen LogP contribution in [0.3, 0.4) is 0 Å². The number of ether oxygens (including phenoxy) is 2. The maximum absolute atomic E-state index is 12.8. The van der Waals surface area contributed by atoms with E-state index in [4.69, 9.17) is 9.47 Å². The van der Waals surface area contributed by atoms with E-state index in [1.807, 2.05) is 30.3 Å². The molecule has 2 fully saturated rings. The summed E-state index contributed by atoms with van der Waals surface area (Å²) in [7, 11) is -2.13. The van der Waals surface area contributed by atoms with E-state index in [0.29, 0.717) is 64.3 Å². The molecule has 2 saturated heterocycles. The SMILES string of the molecule is COc1ccc(S(=O)(=O)NC2CCN(C[C@@H](O)[C@H](Cc3ccccc3)N(C(=O)O)C3CCOC3)CC2)cc1. The lowest BCUT2D eigenvalue weighted by Gasteiger charge is -2.39. The Kier molecular flexibility index (Phi) is 9.61. The Bertz CT molecular complexity index is 1130. The van der Waals surface area contributed by atoms with Crippen LogP contribution in [0.25, 0.3) is 0 Å². The highest BCUT2D eigenvalue weighted by Gasteiger charge is 2.38. The molecule has 2 aromatic carbocycles. The summed E-state index contributed by atoms with van der Waals surface area (Å²) in [6.07, 6.45) is 0.189. The summed E-state index contributed by atoms with van der Waals surface area (Å²) in [6, 6.07) is 14.7. The van der Waals surface area contributed by atoms with Crippen molar-refractivity contribution in [1.29, 1.82) is 0 Å². The first-order valence-electron chi connectivity index (χ1n) is 13.0. The van der Waals surface area contributed by atoms with E-state index >= 15 is 0 Å². The molecular weight excluding hydrogens is 510 g/mol. The second-order valence-corrected chi connectivity index (χ2v) is 11.6. The molecule has 0 saturated carbocycles. The fraction of sp³-hybridized carbons (Fsp3) is 0.519. The van der Waals surface area contributed by atoms with Crippen LogP contribution in [0.15, 0.2) is 59.5 Å². The summed E-state index contributed by atoms with van der Waals surface area (Å²) in [6.45, 7) is 2.30. The van der Waals surface area contributed by atoms with Crippen molar-refractivity contribution >= 4 is 16.1 Å². The van der Waals surface area contributed by atoms with Gasteiger partial charge >= 0.3 is 6.09 Å². The van der Waals surface area contributed by atoms with Crippen molar-refractivity contribution in [3.8, 4) is 5.75 Å². The predicted octanol–water partition coefficient (Wildman–Crippen LogP) is 2.18. The van der Waals surface area contributed by atoms with Gasteiger partial charge < -0.3 is 24.6 Å². The molecule has 2 aliphatic rings. The van der Waals surface area contributed by atoms with Crippen LogP contribution in [0.5, 0.6) is 5.75 Å². The number of hydrogen-bond acceptors (Lipinski definition) is 7. The smallest absolute Gasteiger partial charge is 0.407 e. The number of methoxy groups -OCH3 is 1. The lowest BCUT2D eigenvalue weighted by Crippen LogP contribution is -2.56. The Morgan fingerprint density at radius 1 is 1.13 bits per heavy atom. The van der Waals surface area contributed by atoms with Crippen molar-refractivity contribution in [3.63, 3.8) is 0 Å². The lowest BCUT2D eigenvalue weighted by molar-refractivity contribution is 0.00396. The number of rotatable bonds is 11. The van der Waals surface area contributed by atoms with E-state index < -0.39 is 28.3 Å². The van der Waals surface area contributed by atoms with Crippen molar-refractivity contribution in [1.82, 2.24) is 14.5 Å². The zero-order valence-electron chi connectivity index (χ0n) is 21.6. The number of aliphatic hydroxyl groups excluding tert-OH is 1. The number of carboxylic acid groups (broad SMARTS) is 1. The van der Waals surface area contributed by atoms with Gasteiger partial charge in [0.2, 0.25) is 10.0 Å². The summed E-state index contributed by atoms with van der Waals surface area (Å²) < 4.78 is 39.0. The van der Waals surface area contributed by atoms with Crippen LogP contribution in [-0.2, 0) is 21.2 Å². The molecule has 1 unspecified atom stereocenters.